The highest BCUT2D eigenvalue weighted by Crippen LogP contribution is 2.69. The quantitative estimate of drug-likeness (QED) is 0.423. The summed E-state index contributed by atoms with van der Waals surface area (Å²) >= 11 is 0. The van der Waals surface area contributed by atoms with Crippen LogP contribution in [-0.2, 0) is 15.8 Å². The van der Waals surface area contributed by atoms with Gasteiger partial charge in [-0.25, -0.2) is 18.7 Å². The predicted octanol–water partition coefficient (Wildman–Crippen LogP) is 4.69. The van der Waals surface area contributed by atoms with Crippen molar-refractivity contribution in [2.45, 2.75) is 43.6 Å². The van der Waals surface area contributed by atoms with Crippen LogP contribution in [-0.4, -0.2) is 43.5 Å². The fraction of sp³-hybridized carbons (Fsp3) is 0.345. The predicted molar refractivity (Wildman–Crippen MR) is 134 cm³/mol. The minimum Gasteiger partial charge on any atom is -0.377 e. The van der Waals surface area contributed by atoms with E-state index in [1.165, 1.54) is 18.2 Å². The van der Waals surface area contributed by atoms with E-state index in [-0.39, 0.29) is 35.8 Å². The highest BCUT2D eigenvalue weighted by Gasteiger charge is 2.65. The molecule has 3 aliphatic rings. The molecule has 1 aliphatic heterocycles. The van der Waals surface area contributed by atoms with Crippen LogP contribution in [0.25, 0.3) is 22.5 Å². The van der Waals surface area contributed by atoms with Crippen molar-refractivity contribution in [3.8, 4) is 22.5 Å². The number of rotatable bonds is 4. The Bertz CT molecular complexity index is 1570. The van der Waals surface area contributed by atoms with Crippen LogP contribution in [0.4, 0.5) is 8.78 Å². The van der Waals surface area contributed by atoms with E-state index in [1.807, 2.05) is 24.3 Å². The van der Waals surface area contributed by atoms with E-state index in [1.54, 1.807) is 12.4 Å². The van der Waals surface area contributed by atoms with E-state index < -0.39 is 22.7 Å². The largest absolute Gasteiger partial charge is 0.377 e. The van der Waals surface area contributed by atoms with E-state index in [9.17, 15) is 13.9 Å². The number of hydrogen-bond donors (Lipinski definition) is 1. The van der Waals surface area contributed by atoms with E-state index in [4.69, 9.17) is 9.72 Å². The average molecular weight is 514 g/mol. The van der Waals surface area contributed by atoms with E-state index in [0.717, 1.165) is 35.4 Å². The normalized spacial score (nSPS) is 24.2. The van der Waals surface area contributed by atoms with E-state index >= 15 is 0 Å². The van der Waals surface area contributed by atoms with Crippen LogP contribution >= 0.6 is 0 Å². The lowest BCUT2D eigenvalue weighted by Crippen LogP contribution is -2.47. The van der Waals surface area contributed by atoms with Gasteiger partial charge in [-0.15, -0.1) is 5.10 Å². The first-order chi connectivity index (χ1) is 18.2. The molecule has 1 N–H and O–H groups in total. The summed E-state index contributed by atoms with van der Waals surface area (Å²) in [5, 5.41) is 19.4. The molecule has 192 valence electrons. The molecule has 0 amide bonds. The Morgan fingerprint density at radius 2 is 1.66 bits per heavy atom. The second-order valence-electron chi connectivity index (χ2n) is 11.1. The topological polar surface area (TPSA) is 93.9 Å². The Balaban J connectivity index is 1.31. The van der Waals surface area contributed by atoms with Crippen molar-refractivity contribution in [1.82, 2.24) is 25.1 Å². The lowest BCUT2D eigenvalue weighted by Gasteiger charge is -2.37. The maximum absolute atomic E-state index is 14.5. The number of fused-ring (bicyclic) bond motifs is 5. The Morgan fingerprint density at radius 1 is 0.947 bits per heavy atom. The zero-order chi connectivity index (χ0) is 26.3. The lowest BCUT2D eigenvalue weighted by molar-refractivity contribution is -0.189. The summed E-state index contributed by atoms with van der Waals surface area (Å²) in [7, 11) is 0. The van der Waals surface area contributed by atoms with Crippen LogP contribution in [0.5, 0.6) is 0 Å². The molecule has 1 saturated carbocycles. The summed E-state index contributed by atoms with van der Waals surface area (Å²) in [5.41, 5.74) is 2.30. The van der Waals surface area contributed by atoms with Gasteiger partial charge in [0.2, 0.25) is 0 Å². The molecule has 9 heteroatoms. The van der Waals surface area contributed by atoms with Crippen LogP contribution in [0.15, 0.2) is 54.9 Å². The van der Waals surface area contributed by atoms with E-state index in [2.05, 4.69) is 34.0 Å². The highest BCUT2D eigenvalue weighted by molar-refractivity contribution is 5.65. The Hall–Kier alpha value is -3.69. The maximum Gasteiger partial charge on any atom is 0.170 e. The van der Waals surface area contributed by atoms with Crippen molar-refractivity contribution in [1.29, 1.82) is 0 Å². The van der Waals surface area contributed by atoms with Gasteiger partial charge in [0.25, 0.3) is 0 Å². The molecule has 7 nitrogen and oxygen atoms in total. The summed E-state index contributed by atoms with van der Waals surface area (Å²) in [5.74, 6) is -0.823. The Kier molecular flexibility index (Phi) is 4.88. The van der Waals surface area contributed by atoms with Crippen molar-refractivity contribution in [2.24, 2.45) is 5.41 Å². The smallest absolute Gasteiger partial charge is 0.170 e. The van der Waals surface area contributed by atoms with Crippen molar-refractivity contribution >= 4 is 0 Å². The van der Waals surface area contributed by atoms with Gasteiger partial charge in [0.15, 0.2) is 11.4 Å². The molecule has 3 aromatic heterocycles. The number of nitrogens with zero attached hydrogens (tertiary/aromatic N) is 5. The molecule has 2 bridgehead atoms. The zero-order valence-electron chi connectivity index (χ0n) is 20.9. The number of aliphatic hydroxyl groups is 1. The second-order valence-corrected chi connectivity index (χ2v) is 11.1. The SMILES string of the molecule is CC1(C)[C@H]2CC[C@@]1(c1cccc(-c3cnc(C4(O)COC4)nc3)n1)c1nnc(-c3c(F)cccc3F)cc12. The van der Waals surface area contributed by atoms with Crippen LogP contribution in [0.2, 0.25) is 0 Å². The molecule has 2 fully saturated rings. The highest BCUT2D eigenvalue weighted by atomic mass is 19.1. The Morgan fingerprint density at radius 3 is 2.34 bits per heavy atom. The van der Waals surface area contributed by atoms with E-state index in [0.29, 0.717) is 11.5 Å². The zero-order valence-corrected chi connectivity index (χ0v) is 20.9. The first-order valence-electron chi connectivity index (χ1n) is 12.7. The fourth-order valence-electron chi connectivity index (χ4n) is 6.72. The van der Waals surface area contributed by atoms with Crippen molar-refractivity contribution < 1.29 is 18.6 Å². The fourth-order valence-corrected chi connectivity index (χ4v) is 6.72. The number of pyridine rings is 1. The summed E-state index contributed by atoms with van der Waals surface area (Å²) < 4.78 is 34.2. The Labute approximate surface area is 218 Å². The average Bonchev–Trinajstić information content (AvgIpc) is 3.28. The monoisotopic (exact) mass is 513 g/mol. The van der Waals surface area contributed by atoms with Crippen LogP contribution in [0.3, 0.4) is 0 Å². The van der Waals surface area contributed by atoms with Crippen molar-refractivity contribution in [3.63, 3.8) is 0 Å². The van der Waals surface area contributed by atoms with Gasteiger partial charge in [0.05, 0.1) is 47.0 Å². The molecule has 7 rings (SSSR count). The number of halogens is 2. The molecular formula is C29H25F2N5O2. The van der Waals surface area contributed by atoms with Crippen molar-refractivity contribution in [2.75, 3.05) is 13.2 Å². The summed E-state index contributed by atoms with van der Waals surface area (Å²) in [4.78, 5) is 13.8. The van der Waals surface area contributed by atoms with Crippen LogP contribution in [0.1, 0.15) is 55.4 Å². The third-order valence-electron chi connectivity index (χ3n) is 8.83. The van der Waals surface area contributed by atoms with Gasteiger partial charge >= 0.3 is 0 Å². The van der Waals surface area contributed by atoms with Crippen LogP contribution in [0, 0.1) is 17.0 Å². The summed E-state index contributed by atoms with van der Waals surface area (Å²) in [6.07, 6.45) is 5.10. The molecule has 0 spiro atoms. The van der Waals surface area contributed by atoms with Gasteiger partial charge in [-0.3, -0.25) is 4.98 Å². The maximum atomic E-state index is 14.5. The molecule has 1 saturated heterocycles. The molecule has 2 atom stereocenters. The number of hydrogen-bond acceptors (Lipinski definition) is 7. The molecule has 4 aromatic rings. The first-order valence-corrected chi connectivity index (χ1v) is 12.7. The molecule has 1 aromatic carbocycles. The molecule has 0 radical (unpaired) electrons. The van der Waals surface area contributed by atoms with Gasteiger partial charge in [-0.1, -0.05) is 26.0 Å². The first kappa shape index (κ1) is 23.4. The standard InChI is InChI=1S/C29H25F2N5O2/c1-27(2)18-9-10-29(27,25-17(18)11-22(35-36-25)24-19(30)5-3-6-20(24)31)23-8-4-7-21(34-23)16-12-32-26(33-13-16)28(37)14-38-15-28/h3-8,11-13,18,37H,9-10,14-15H2,1-2H3/t18-,29+/m0/s1. The number of ether oxygens (including phenoxy) is 1. The molecule has 38 heavy (non-hydrogen) atoms. The van der Waals surface area contributed by atoms with Gasteiger partial charge in [-0.05, 0) is 60.1 Å². The van der Waals surface area contributed by atoms with Gasteiger partial charge in [-0.2, -0.15) is 5.10 Å². The molecule has 4 heterocycles. The van der Waals surface area contributed by atoms with Crippen LogP contribution < -0.4 is 0 Å². The van der Waals surface area contributed by atoms with Gasteiger partial charge in [0, 0.05) is 18.0 Å². The molecule has 0 unspecified atom stereocenters. The summed E-state index contributed by atoms with van der Waals surface area (Å²) in [6.45, 7) is 4.79. The van der Waals surface area contributed by atoms with Gasteiger partial charge in [0.1, 0.15) is 11.6 Å². The lowest BCUT2D eigenvalue weighted by atomic mass is 9.66. The summed E-state index contributed by atoms with van der Waals surface area (Å²) in [6, 6.07) is 11.5. The number of benzene rings is 1. The van der Waals surface area contributed by atoms with Gasteiger partial charge < -0.3 is 9.84 Å². The van der Waals surface area contributed by atoms with Crippen molar-refractivity contribution in [3.05, 3.63) is 89.3 Å². The third kappa shape index (κ3) is 3.03. The minimum absolute atomic E-state index is 0.153. The number of aromatic nitrogens is 5. The second kappa shape index (κ2) is 7.91. The third-order valence-corrected chi connectivity index (χ3v) is 8.83. The minimum atomic E-state index is -1.13. The molecular weight excluding hydrogens is 488 g/mol. The molecule has 2 aliphatic carbocycles.